The van der Waals surface area contributed by atoms with Gasteiger partial charge in [0.05, 0.1) is 0 Å². The van der Waals surface area contributed by atoms with Crippen molar-refractivity contribution < 1.29 is 17.4 Å². The molecule has 0 aliphatic carbocycles. The Morgan fingerprint density at radius 3 is 2.23 bits per heavy atom. The number of carbonyl (C=O) groups is 1. The van der Waals surface area contributed by atoms with Crippen LogP contribution in [0.25, 0.3) is 10.8 Å². The molecule has 0 radical (unpaired) electrons. The quantitative estimate of drug-likeness (QED) is 0.547. The van der Waals surface area contributed by atoms with Crippen molar-refractivity contribution >= 4 is 27.2 Å². The van der Waals surface area contributed by atoms with E-state index in [0.717, 1.165) is 10.8 Å². The first kappa shape index (κ1) is 14.3. The third-order valence-corrected chi connectivity index (χ3v) is 4.50. The fraction of sp³-hybridized carbons (Fsp3) is 0. The van der Waals surface area contributed by atoms with Crippen molar-refractivity contribution in [2.75, 3.05) is 0 Å². The zero-order chi connectivity index (χ0) is 15.6. The molecule has 4 nitrogen and oxygen atoms in total. The highest BCUT2D eigenvalue weighted by Gasteiger charge is 2.17. The lowest BCUT2D eigenvalue weighted by Crippen LogP contribution is -2.10. The van der Waals surface area contributed by atoms with Crippen molar-refractivity contribution in [2.24, 2.45) is 0 Å². The van der Waals surface area contributed by atoms with Crippen molar-refractivity contribution in [1.29, 1.82) is 0 Å². The Hall–Kier alpha value is -2.66. The second-order valence-corrected chi connectivity index (χ2v) is 6.25. The Morgan fingerprint density at radius 2 is 1.50 bits per heavy atom. The molecule has 0 saturated carbocycles. The molecule has 0 spiro atoms. The summed E-state index contributed by atoms with van der Waals surface area (Å²) in [5.74, 6) is 0.276. The van der Waals surface area contributed by atoms with Crippen molar-refractivity contribution in [2.45, 2.75) is 4.90 Å². The van der Waals surface area contributed by atoms with Gasteiger partial charge in [-0.25, -0.2) is 0 Å². The molecule has 0 aliphatic heterocycles. The van der Waals surface area contributed by atoms with Crippen LogP contribution in [0.4, 0.5) is 0 Å². The summed E-state index contributed by atoms with van der Waals surface area (Å²) in [6.45, 7) is 0. The Kier molecular flexibility index (Phi) is 3.65. The minimum atomic E-state index is -3.95. The number of benzene rings is 3. The second-order valence-electron chi connectivity index (χ2n) is 4.70. The molecular formula is C17H12O4S. The summed E-state index contributed by atoms with van der Waals surface area (Å²) in [4.78, 5) is 10.6. The zero-order valence-electron chi connectivity index (χ0n) is 11.5. The van der Waals surface area contributed by atoms with E-state index in [4.69, 9.17) is 4.18 Å². The van der Waals surface area contributed by atoms with Gasteiger partial charge in [0.15, 0.2) is 5.75 Å². The van der Waals surface area contributed by atoms with Crippen LogP contribution >= 0.6 is 0 Å². The summed E-state index contributed by atoms with van der Waals surface area (Å²) in [7, 11) is -3.95. The molecule has 0 unspecified atom stereocenters. The number of hydrogen-bond acceptors (Lipinski definition) is 4. The highest BCUT2D eigenvalue weighted by atomic mass is 32.2. The van der Waals surface area contributed by atoms with Crippen LogP contribution in [-0.2, 0) is 10.1 Å². The summed E-state index contributed by atoms with van der Waals surface area (Å²) < 4.78 is 29.9. The maximum Gasteiger partial charge on any atom is 0.339 e. The van der Waals surface area contributed by atoms with Crippen LogP contribution in [0.5, 0.6) is 5.75 Å². The lowest BCUT2D eigenvalue weighted by Gasteiger charge is -2.09. The van der Waals surface area contributed by atoms with Crippen molar-refractivity contribution in [3.8, 4) is 5.75 Å². The van der Waals surface area contributed by atoms with E-state index >= 15 is 0 Å². The van der Waals surface area contributed by atoms with Crippen molar-refractivity contribution in [1.82, 2.24) is 0 Å². The van der Waals surface area contributed by atoms with Gasteiger partial charge in [0.25, 0.3) is 0 Å². The molecule has 3 aromatic carbocycles. The van der Waals surface area contributed by atoms with E-state index in [9.17, 15) is 13.2 Å². The Balaban J connectivity index is 2.01. The summed E-state index contributed by atoms with van der Waals surface area (Å²) >= 11 is 0. The minimum absolute atomic E-state index is 0.00559. The minimum Gasteiger partial charge on any atom is -0.378 e. The molecule has 3 aromatic rings. The predicted octanol–water partition coefficient (Wildman–Crippen LogP) is 3.42. The fourth-order valence-electron chi connectivity index (χ4n) is 2.15. The smallest absolute Gasteiger partial charge is 0.339 e. The molecular weight excluding hydrogens is 300 g/mol. The van der Waals surface area contributed by atoms with E-state index in [0.29, 0.717) is 11.8 Å². The van der Waals surface area contributed by atoms with Crippen LogP contribution in [-0.4, -0.2) is 14.7 Å². The molecule has 0 amide bonds. The third kappa shape index (κ3) is 2.71. The zero-order valence-corrected chi connectivity index (χ0v) is 12.3. The van der Waals surface area contributed by atoms with Gasteiger partial charge in [0.1, 0.15) is 11.2 Å². The lowest BCUT2D eigenvalue weighted by atomic mass is 10.1. The first-order chi connectivity index (χ1) is 10.6. The maximum absolute atomic E-state index is 12.3. The SMILES string of the molecule is O=Cc1ccc(S(=O)(=O)Oc2cccc3ccccc23)cc1. The number of rotatable bonds is 4. The Bertz CT molecular complexity index is 923. The third-order valence-electron chi connectivity index (χ3n) is 3.25. The van der Waals surface area contributed by atoms with Gasteiger partial charge in [-0.15, -0.1) is 0 Å². The molecule has 0 saturated heterocycles. The molecule has 3 rings (SSSR count). The van der Waals surface area contributed by atoms with Gasteiger partial charge in [-0.1, -0.05) is 48.5 Å². The Morgan fingerprint density at radius 1 is 0.818 bits per heavy atom. The van der Waals surface area contributed by atoms with Gasteiger partial charge in [-0.3, -0.25) is 4.79 Å². The highest BCUT2D eigenvalue weighted by molar-refractivity contribution is 7.87. The average Bonchev–Trinajstić information content (AvgIpc) is 2.55. The van der Waals surface area contributed by atoms with Gasteiger partial charge >= 0.3 is 10.1 Å². The molecule has 0 heterocycles. The lowest BCUT2D eigenvalue weighted by molar-refractivity contribution is 0.112. The van der Waals surface area contributed by atoms with E-state index in [-0.39, 0.29) is 10.6 Å². The van der Waals surface area contributed by atoms with Crippen molar-refractivity contribution in [3.63, 3.8) is 0 Å². The van der Waals surface area contributed by atoms with Crippen LogP contribution < -0.4 is 4.18 Å². The van der Waals surface area contributed by atoms with Gasteiger partial charge in [0.2, 0.25) is 0 Å². The van der Waals surface area contributed by atoms with Crippen LogP contribution in [0.2, 0.25) is 0 Å². The number of carbonyl (C=O) groups excluding carboxylic acids is 1. The predicted molar refractivity (Wildman–Crippen MR) is 83.6 cm³/mol. The molecule has 0 aliphatic rings. The maximum atomic E-state index is 12.3. The largest absolute Gasteiger partial charge is 0.378 e. The normalized spacial score (nSPS) is 11.3. The van der Waals surface area contributed by atoms with E-state index < -0.39 is 10.1 Å². The average molecular weight is 312 g/mol. The number of aldehydes is 1. The molecule has 0 fully saturated rings. The summed E-state index contributed by atoms with van der Waals surface area (Å²) in [6, 6.07) is 18.2. The fourth-order valence-corrected chi connectivity index (χ4v) is 3.10. The second kappa shape index (κ2) is 5.61. The first-order valence-corrected chi connectivity index (χ1v) is 7.98. The monoisotopic (exact) mass is 312 g/mol. The highest BCUT2D eigenvalue weighted by Crippen LogP contribution is 2.28. The van der Waals surface area contributed by atoms with Crippen molar-refractivity contribution in [3.05, 3.63) is 72.3 Å². The summed E-state index contributed by atoms with van der Waals surface area (Å²) in [6.07, 6.45) is 0.655. The molecule has 5 heteroatoms. The summed E-state index contributed by atoms with van der Waals surface area (Å²) in [5, 5.41) is 1.62. The van der Waals surface area contributed by atoms with Crippen LogP contribution in [0.1, 0.15) is 10.4 Å². The molecule has 22 heavy (non-hydrogen) atoms. The molecule has 0 atom stereocenters. The Labute approximate surface area is 128 Å². The number of hydrogen-bond donors (Lipinski definition) is 0. The molecule has 0 N–H and O–H groups in total. The van der Waals surface area contributed by atoms with E-state index in [2.05, 4.69) is 0 Å². The van der Waals surface area contributed by atoms with Gasteiger partial charge in [0, 0.05) is 10.9 Å². The van der Waals surface area contributed by atoms with Crippen LogP contribution in [0, 0.1) is 0 Å². The van der Waals surface area contributed by atoms with E-state index in [1.807, 2.05) is 24.3 Å². The molecule has 0 bridgehead atoms. The van der Waals surface area contributed by atoms with Gasteiger partial charge in [-0.05, 0) is 23.6 Å². The van der Waals surface area contributed by atoms with Crippen LogP contribution in [0.3, 0.4) is 0 Å². The number of fused-ring (bicyclic) bond motifs is 1. The van der Waals surface area contributed by atoms with Gasteiger partial charge < -0.3 is 4.18 Å². The van der Waals surface area contributed by atoms with Crippen LogP contribution in [0.15, 0.2) is 71.6 Å². The molecule has 0 aromatic heterocycles. The summed E-state index contributed by atoms with van der Waals surface area (Å²) in [5.41, 5.74) is 0.407. The first-order valence-electron chi connectivity index (χ1n) is 6.58. The van der Waals surface area contributed by atoms with Gasteiger partial charge in [-0.2, -0.15) is 8.42 Å². The van der Waals surface area contributed by atoms with E-state index in [1.54, 1.807) is 18.2 Å². The molecule has 110 valence electrons. The topological polar surface area (TPSA) is 60.4 Å². The standard InChI is InChI=1S/C17H12O4S/c18-12-13-8-10-15(11-9-13)22(19,20)21-17-7-3-5-14-4-1-2-6-16(14)17/h1-12H. The van der Waals surface area contributed by atoms with E-state index in [1.165, 1.54) is 24.3 Å².